The topological polar surface area (TPSA) is 70.9 Å². The van der Waals surface area contributed by atoms with Crippen molar-refractivity contribution < 1.29 is 14.6 Å². The summed E-state index contributed by atoms with van der Waals surface area (Å²) in [6, 6.07) is 24.7. The minimum Gasteiger partial charge on any atom is -0.508 e. The third-order valence-electron chi connectivity index (χ3n) is 4.71. The number of hydrazone groups is 1. The molecule has 5 heteroatoms. The van der Waals surface area contributed by atoms with Crippen LogP contribution in [0, 0.1) is 0 Å². The Kier molecular flexibility index (Phi) is 6.29. The van der Waals surface area contributed by atoms with Crippen LogP contribution in [0.4, 0.5) is 0 Å². The fourth-order valence-electron chi connectivity index (χ4n) is 2.95. The molecule has 0 unspecified atom stereocenters. The van der Waals surface area contributed by atoms with E-state index in [0.717, 1.165) is 5.56 Å². The Labute approximate surface area is 170 Å². The molecule has 0 aliphatic rings. The smallest absolute Gasteiger partial charge is 0.277 e. The number of phenolic OH excluding ortho intramolecular Hbond substituents is 1. The van der Waals surface area contributed by atoms with Crippen molar-refractivity contribution >= 4 is 12.1 Å². The monoisotopic (exact) mass is 388 g/mol. The second-order valence-corrected chi connectivity index (χ2v) is 7.19. The second kappa shape index (κ2) is 9.06. The summed E-state index contributed by atoms with van der Waals surface area (Å²) in [4.78, 5) is 11.9. The molecule has 148 valence electrons. The number of amides is 1. The summed E-state index contributed by atoms with van der Waals surface area (Å²) in [6.45, 7) is 4.21. The summed E-state index contributed by atoms with van der Waals surface area (Å²) in [6.07, 6.45) is 1.46. The first kappa shape index (κ1) is 20.1. The zero-order chi connectivity index (χ0) is 20.7. The van der Waals surface area contributed by atoms with Crippen LogP contribution in [0.1, 0.15) is 30.5 Å². The quantitative estimate of drug-likeness (QED) is 0.470. The van der Waals surface area contributed by atoms with Crippen LogP contribution in [-0.4, -0.2) is 23.8 Å². The third kappa shape index (κ3) is 5.45. The molecule has 0 saturated heterocycles. The van der Waals surface area contributed by atoms with Crippen LogP contribution in [0.3, 0.4) is 0 Å². The van der Waals surface area contributed by atoms with Crippen molar-refractivity contribution in [3.05, 3.63) is 95.6 Å². The number of aromatic hydroxyl groups is 1. The predicted octanol–water partition coefficient (Wildman–Crippen LogP) is 4.25. The molecule has 2 N–H and O–H groups in total. The second-order valence-electron chi connectivity index (χ2n) is 7.19. The average molecular weight is 388 g/mol. The van der Waals surface area contributed by atoms with Crippen LogP contribution in [0.2, 0.25) is 0 Å². The number of hydrogen-bond acceptors (Lipinski definition) is 4. The van der Waals surface area contributed by atoms with Crippen molar-refractivity contribution in [1.82, 2.24) is 5.43 Å². The van der Waals surface area contributed by atoms with E-state index in [1.54, 1.807) is 24.3 Å². The summed E-state index contributed by atoms with van der Waals surface area (Å²) in [5.74, 6) is 0.391. The molecule has 0 aliphatic heterocycles. The van der Waals surface area contributed by atoms with Gasteiger partial charge in [-0.05, 0) is 41.0 Å². The van der Waals surface area contributed by atoms with E-state index < -0.39 is 0 Å². The maximum absolute atomic E-state index is 11.9. The maximum Gasteiger partial charge on any atom is 0.277 e. The first-order valence-corrected chi connectivity index (χ1v) is 9.35. The van der Waals surface area contributed by atoms with E-state index in [2.05, 4.69) is 36.5 Å². The van der Waals surface area contributed by atoms with Crippen LogP contribution in [0.25, 0.3) is 0 Å². The Bertz CT molecular complexity index is 981. The highest BCUT2D eigenvalue weighted by atomic mass is 16.5. The molecule has 0 atom stereocenters. The van der Waals surface area contributed by atoms with Gasteiger partial charge in [0.1, 0.15) is 11.5 Å². The van der Waals surface area contributed by atoms with Gasteiger partial charge >= 0.3 is 0 Å². The number of carbonyl (C=O) groups is 1. The van der Waals surface area contributed by atoms with Crippen LogP contribution in [0.5, 0.6) is 11.5 Å². The molecular weight excluding hydrogens is 364 g/mol. The molecule has 0 heterocycles. The van der Waals surface area contributed by atoms with Crippen LogP contribution >= 0.6 is 0 Å². The number of nitrogens with one attached hydrogen (secondary N) is 1. The normalized spacial score (nSPS) is 11.4. The van der Waals surface area contributed by atoms with Crippen molar-refractivity contribution in [3.63, 3.8) is 0 Å². The van der Waals surface area contributed by atoms with Gasteiger partial charge in [-0.15, -0.1) is 0 Å². The number of phenols is 1. The molecule has 3 aromatic carbocycles. The Morgan fingerprint density at radius 3 is 2.38 bits per heavy atom. The summed E-state index contributed by atoms with van der Waals surface area (Å²) >= 11 is 0. The van der Waals surface area contributed by atoms with E-state index in [0.29, 0.717) is 11.3 Å². The molecule has 0 aromatic heterocycles. The van der Waals surface area contributed by atoms with Gasteiger partial charge < -0.3 is 9.84 Å². The van der Waals surface area contributed by atoms with Crippen LogP contribution < -0.4 is 10.2 Å². The van der Waals surface area contributed by atoms with Gasteiger partial charge in [-0.1, -0.05) is 68.4 Å². The SMILES string of the molecule is CC(C)(c1ccccc1)c1ccc(OCC(=O)N/N=C/c2cccc(O)c2)cc1. The highest BCUT2D eigenvalue weighted by Crippen LogP contribution is 2.32. The maximum atomic E-state index is 11.9. The molecule has 1 amide bonds. The minimum atomic E-state index is -0.366. The van der Waals surface area contributed by atoms with Crippen molar-refractivity contribution in [1.29, 1.82) is 0 Å². The van der Waals surface area contributed by atoms with Gasteiger partial charge in [-0.2, -0.15) is 5.10 Å². The predicted molar refractivity (Wildman–Crippen MR) is 114 cm³/mol. The van der Waals surface area contributed by atoms with Crippen LogP contribution in [-0.2, 0) is 10.2 Å². The van der Waals surface area contributed by atoms with E-state index in [1.165, 1.54) is 11.8 Å². The van der Waals surface area contributed by atoms with Gasteiger partial charge in [-0.25, -0.2) is 5.43 Å². The molecule has 0 aliphatic carbocycles. The summed E-state index contributed by atoms with van der Waals surface area (Å²) in [5.41, 5.74) is 5.35. The first-order valence-electron chi connectivity index (χ1n) is 9.35. The zero-order valence-corrected chi connectivity index (χ0v) is 16.5. The molecule has 0 saturated carbocycles. The number of carbonyl (C=O) groups excluding carboxylic acids is 1. The van der Waals surface area contributed by atoms with Gasteiger partial charge in [0.05, 0.1) is 6.21 Å². The van der Waals surface area contributed by atoms with Crippen LogP contribution in [0.15, 0.2) is 84.0 Å². The zero-order valence-electron chi connectivity index (χ0n) is 16.5. The van der Waals surface area contributed by atoms with Gasteiger partial charge in [0.25, 0.3) is 5.91 Å². The number of ether oxygens (including phenoxy) is 1. The average Bonchev–Trinajstić information content (AvgIpc) is 2.73. The first-order chi connectivity index (χ1) is 13.9. The van der Waals surface area contributed by atoms with Crippen molar-refractivity contribution in [2.45, 2.75) is 19.3 Å². The van der Waals surface area contributed by atoms with Crippen molar-refractivity contribution in [2.75, 3.05) is 6.61 Å². The van der Waals surface area contributed by atoms with Crippen molar-refractivity contribution in [3.8, 4) is 11.5 Å². The van der Waals surface area contributed by atoms with E-state index >= 15 is 0 Å². The van der Waals surface area contributed by atoms with Crippen molar-refractivity contribution in [2.24, 2.45) is 5.10 Å². The summed E-state index contributed by atoms with van der Waals surface area (Å²) in [5, 5.41) is 13.3. The highest BCUT2D eigenvalue weighted by molar-refractivity contribution is 5.83. The molecule has 0 fully saturated rings. The Balaban J connectivity index is 1.53. The molecule has 5 nitrogen and oxygen atoms in total. The Morgan fingerprint density at radius 2 is 1.69 bits per heavy atom. The fraction of sp³-hybridized carbons (Fsp3) is 0.167. The number of hydrogen-bond donors (Lipinski definition) is 2. The molecule has 0 spiro atoms. The van der Waals surface area contributed by atoms with Gasteiger partial charge in [0, 0.05) is 5.41 Å². The summed E-state index contributed by atoms with van der Waals surface area (Å²) in [7, 11) is 0. The van der Waals surface area contributed by atoms with E-state index in [1.807, 2.05) is 42.5 Å². The largest absolute Gasteiger partial charge is 0.508 e. The standard InChI is InChI=1S/C24H24N2O3/c1-24(2,19-8-4-3-5-9-19)20-11-13-22(14-12-20)29-17-23(28)26-25-16-18-7-6-10-21(27)15-18/h3-16,27H,17H2,1-2H3,(H,26,28)/b25-16+. The molecule has 0 bridgehead atoms. The fourth-order valence-corrected chi connectivity index (χ4v) is 2.95. The molecule has 29 heavy (non-hydrogen) atoms. The lowest BCUT2D eigenvalue weighted by Gasteiger charge is -2.26. The number of benzene rings is 3. The summed E-state index contributed by atoms with van der Waals surface area (Å²) < 4.78 is 5.54. The number of rotatable bonds is 7. The lowest BCUT2D eigenvalue weighted by atomic mass is 9.78. The highest BCUT2D eigenvalue weighted by Gasteiger charge is 2.22. The molecule has 3 aromatic rings. The van der Waals surface area contributed by atoms with Gasteiger partial charge in [0.2, 0.25) is 0 Å². The lowest BCUT2D eigenvalue weighted by Crippen LogP contribution is -2.24. The molecule has 0 radical (unpaired) electrons. The van der Waals surface area contributed by atoms with Gasteiger partial charge in [-0.3, -0.25) is 4.79 Å². The Hall–Kier alpha value is -3.60. The van der Waals surface area contributed by atoms with E-state index in [9.17, 15) is 9.90 Å². The van der Waals surface area contributed by atoms with Gasteiger partial charge in [0.15, 0.2) is 6.61 Å². The Morgan fingerprint density at radius 1 is 1.00 bits per heavy atom. The van der Waals surface area contributed by atoms with E-state index in [4.69, 9.17) is 4.74 Å². The number of nitrogens with zero attached hydrogens (tertiary/aromatic N) is 1. The molecular formula is C24H24N2O3. The lowest BCUT2D eigenvalue weighted by molar-refractivity contribution is -0.123. The third-order valence-corrected chi connectivity index (χ3v) is 4.71. The van der Waals surface area contributed by atoms with E-state index in [-0.39, 0.29) is 23.7 Å². The molecule has 3 rings (SSSR count). The minimum absolute atomic E-state index is 0.127.